The molecule has 0 unspecified atom stereocenters. The minimum absolute atomic E-state index is 0.102. The molecule has 0 atom stereocenters. The molecule has 200 valence electrons. The van der Waals surface area contributed by atoms with Crippen LogP contribution >= 0.6 is 35.0 Å². The normalized spacial score (nSPS) is 14.1. The van der Waals surface area contributed by atoms with Crippen molar-refractivity contribution >= 4 is 63.7 Å². The molecular formula is C27H20Cl2N2O7S. The van der Waals surface area contributed by atoms with Gasteiger partial charge < -0.3 is 9.47 Å². The maximum absolute atomic E-state index is 13.0. The number of rotatable bonds is 10. The van der Waals surface area contributed by atoms with Crippen molar-refractivity contribution in [3.8, 4) is 11.5 Å². The number of carbonyl (C=O) groups excluding carboxylic acids is 3. The molecule has 0 N–H and O–H groups in total. The molecule has 0 saturated carbocycles. The van der Waals surface area contributed by atoms with Crippen LogP contribution in [0.15, 0.2) is 65.6 Å². The van der Waals surface area contributed by atoms with Crippen molar-refractivity contribution in [2.45, 2.75) is 13.5 Å². The summed E-state index contributed by atoms with van der Waals surface area (Å²) in [5.74, 6) is -0.486. The van der Waals surface area contributed by atoms with Crippen molar-refractivity contribution in [2.24, 2.45) is 0 Å². The second-order valence-corrected chi connectivity index (χ2v) is 10.0. The van der Waals surface area contributed by atoms with Crippen molar-refractivity contribution in [2.75, 3.05) is 13.2 Å². The van der Waals surface area contributed by atoms with Gasteiger partial charge >= 0.3 is 0 Å². The number of imide groups is 1. The molecule has 4 rings (SSSR count). The number of nitro benzene ring substituents is 1. The SMILES string of the molecule is CCOc1cc(/C=C2/SC(=O)N(CC(=O)c3ccc([N+](=O)[O-])cc3)C2=O)cc(Cl)c1OCc1ccc(Cl)cc1. The van der Waals surface area contributed by atoms with Gasteiger partial charge in [0.15, 0.2) is 17.3 Å². The van der Waals surface area contributed by atoms with E-state index in [1.807, 2.05) is 12.1 Å². The van der Waals surface area contributed by atoms with Gasteiger partial charge in [0.25, 0.3) is 16.8 Å². The summed E-state index contributed by atoms with van der Waals surface area (Å²) in [4.78, 5) is 49.3. The summed E-state index contributed by atoms with van der Waals surface area (Å²) in [6.07, 6.45) is 1.48. The number of ether oxygens (including phenoxy) is 2. The fraction of sp³-hybridized carbons (Fsp3) is 0.148. The highest BCUT2D eigenvalue weighted by atomic mass is 35.5. The van der Waals surface area contributed by atoms with E-state index in [0.29, 0.717) is 40.5 Å². The van der Waals surface area contributed by atoms with Crippen LogP contribution in [0.5, 0.6) is 11.5 Å². The summed E-state index contributed by atoms with van der Waals surface area (Å²) in [5.41, 5.74) is 1.34. The van der Waals surface area contributed by atoms with Crippen LogP contribution in [0.1, 0.15) is 28.4 Å². The van der Waals surface area contributed by atoms with Crippen molar-refractivity contribution < 1.29 is 28.8 Å². The van der Waals surface area contributed by atoms with E-state index in [4.69, 9.17) is 32.7 Å². The molecule has 39 heavy (non-hydrogen) atoms. The van der Waals surface area contributed by atoms with Gasteiger partial charge in [0.05, 0.1) is 28.0 Å². The van der Waals surface area contributed by atoms with E-state index >= 15 is 0 Å². The van der Waals surface area contributed by atoms with Gasteiger partial charge in [0, 0.05) is 22.7 Å². The molecule has 2 amide bonds. The van der Waals surface area contributed by atoms with Crippen LogP contribution in [-0.4, -0.2) is 39.9 Å². The van der Waals surface area contributed by atoms with Gasteiger partial charge in [-0.15, -0.1) is 0 Å². The fourth-order valence-electron chi connectivity index (χ4n) is 3.60. The van der Waals surface area contributed by atoms with Gasteiger partial charge in [0.2, 0.25) is 0 Å². The first-order valence-electron chi connectivity index (χ1n) is 11.5. The number of amides is 2. The lowest BCUT2D eigenvalue weighted by Gasteiger charge is -2.15. The van der Waals surface area contributed by atoms with Crippen LogP contribution in [-0.2, 0) is 11.4 Å². The molecule has 9 nitrogen and oxygen atoms in total. The predicted molar refractivity (Wildman–Crippen MR) is 149 cm³/mol. The monoisotopic (exact) mass is 586 g/mol. The van der Waals surface area contributed by atoms with Gasteiger partial charge in [-0.2, -0.15) is 0 Å². The minimum Gasteiger partial charge on any atom is -0.490 e. The Morgan fingerprint density at radius 2 is 1.74 bits per heavy atom. The lowest BCUT2D eigenvalue weighted by molar-refractivity contribution is -0.384. The third-order valence-corrected chi connectivity index (χ3v) is 6.94. The third-order valence-electron chi connectivity index (χ3n) is 5.50. The molecule has 1 fully saturated rings. The van der Waals surface area contributed by atoms with Crippen molar-refractivity contribution in [3.63, 3.8) is 0 Å². The Morgan fingerprint density at radius 3 is 2.38 bits per heavy atom. The molecule has 1 aliphatic rings. The molecule has 0 aromatic heterocycles. The number of benzene rings is 3. The van der Waals surface area contributed by atoms with E-state index in [2.05, 4.69) is 0 Å². The van der Waals surface area contributed by atoms with Gasteiger partial charge in [-0.25, -0.2) is 0 Å². The van der Waals surface area contributed by atoms with Gasteiger partial charge in [-0.3, -0.25) is 29.4 Å². The number of Topliss-reactive ketones (excluding diaryl/α,β-unsaturated/α-hetero) is 1. The summed E-state index contributed by atoms with van der Waals surface area (Å²) < 4.78 is 11.6. The highest BCUT2D eigenvalue weighted by molar-refractivity contribution is 8.18. The van der Waals surface area contributed by atoms with Crippen LogP contribution < -0.4 is 9.47 Å². The Morgan fingerprint density at radius 1 is 1.05 bits per heavy atom. The number of hydrogen-bond donors (Lipinski definition) is 0. The van der Waals surface area contributed by atoms with E-state index in [-0.39, 0.29) is 27.8 Å². The fourth-order valence-corrected chi connectivity index (χ4v) is 4.84. The number of nitro groups is 1. The van der Waals surface area contributed by atoms with Crippen LogP contribution in [0.4, 0.5) is 10.5 Å². The zero-order valence-electron chi connectivity index (χ0n) is 20.4. The summed E-state index contributed by atoms with van der Waals surface area (Å²) in [6.45, 7) is 1.86. The molecule has 0 spiro atoms. The smallest absolute Gasteiger partial charge is 0.293 e. The average Bonchev–Trinajstić information content (AvgIpc) is 3.16. The molecule has 0 bridgehead atoms. The van der Waals surface area contributed by atoms with Crippen molar-refractivity contribution in [1.29, 1.82) is 0 Å². The summed E-state index contributed by atoms with van der Waals surface area (Å²) >= 11 is 13.1. The van der Waals surface area contributed by atoms with E-state index in [1.54, 1.807) is 31.2 Å². The largest absolute Gasteiger partial charge is 0.490 e. The number of halogens is 2. The van der Waals surface area contributed by atoms with Crippen LogP contribution in [0.2, 0.25) is 10.0 Å². The Bertz CT molecular complexity index is 1470. The average molecular weight is 587 g/mol. The van der Waals surface area contributed by atoms with Crippen molar-refractivity contribution in [3.05, 3.63) is 102 Å². The predicted octanol–water partition coefficient (Wildman–Crippen LogP) is 6.80. The maximum Gasteiger partial charge on any atom is 0.293 e. The lowest BCUT2D eigenvalue weighted by atomic mass is 10.1. The highest BCUT2D eigenvalue weighted by Gasteiger charge is 2.36. The Kier molecular flexibility index (Phi) is 8.90. The number of non-ortho nitro benzene ring substituents is 1. The number of hydrogen-bond acceptors (Lipinski definition) is 8. The summed E-state index contributed by atoms with van der Waals surface area (Å²) in [5, 5.41) is 11.1. The molecule has 0 radical (unpaired) electrons. The van der Waals surface area contributed by atoms with Gasteiger partial charge in [-0.1, -0.05) is 35.3 Å². The molecule has 12 heteroatoms. The number of carbonyl (C=O) groups is 3. The molecule has 1 aliphatic heterocycles. The third kappa shape index (κ3) is 6.78. The first kappa shape index (κ1) is 28.2. The van der Waals surface area contributed by atoms with Gasteiger partial charge in [0.1, 0.15) is 6.61 Å². The van der Waals surface area contributed by atoms with E-state index < -0.39 is 28.4 Å². The highest BCUT2D eigenvalue weighted by Crippen LogP contribution is 2.39. The van der Waals surface area contributed by atoms with Crippen molar-refractivity contribution in [1.82, 2.24) is 4.90 Å². The zero-order valence-corrected chi connectivity index (χ0v) is 22.7. The van der Waals surface area contributed by atoms with Crippen LogP contribution in [0.3, 0.4) is 0 Å². The maximum atomic E-state index is 13.0. The second-order valence-electron chi connectivity index (χ2n) is 8.17. The van der Waals surface area contributed by atoms with E-state index in [1.165, 1.54) is 30.3 Å². The molecule has 1 saturated heterocycles. The minimum atomic E-state index is -0.641. The second kappa shape index (κ2) is 12.3. The van der Waals surface area contributed by atoms with E-state index in [9.17, 15) is 24.5 Å². The molecule has 0 aliphatic carbocycles. The Hall–Kier alpha value is -3.86. The topological polar surface area (TPSA) is 116 Å². The number of ketones is 1. The number of nitrogens with zero attached hydrogens (tertiary/aromatic N) is 2. The molecule has 3 aromatic rings. The first-order valence-corrected chi connectivity index (χ1v) is 13.1. The first-order chi connectivity index (χ1) is 18.7. The number of thioether (sulfide) groups is 1. The van der Waals surface area contributed by atoms with Crippen LogP contribution in [0, 0.1) is 10.1 Å². The zero-order chi connectivity index (χ0) is 28.1. The summed E-state index contributed by atoms with van der Waals surface area (Å²) in [7, 11) is 0. The Balaban J connectivity index is 1.51. The van der Waals surface area contributed by atoms with Gasteiger partial charge in [-0.05, 0) is 72.3 Å². The standard InChI is InChI=1S/C27H20Cl2N2O7S/c1-2-37-23-12-17(11-21(29)25(23)38-15-16-3-7-19(28)8-4-16)13-24-26(33)30(27(34)39-24)14-22(32)18-5-9-20(10-6-18)31(35)36/h3-13H,2,14-15H2,1H3/b24-13+. The summed E-state index contributed by atoms with van der Waals surface area (Å²) in [6, 6.07) is 15.3. The van der Waals surface area contributed by atoms with Crippen LogP contribution in [0.25, 0.3) is 6.08 Å². The molecule has 3 aromatic carbocycles. The Labute approximate surface area is 237 Å². The molecule has 1 heterocycles. The molecular weight excluding hydrogens is 567 g/mol. The lowest BCUT2D eigenvalue weighted by Crippen LogP contribution is -2.33. The quantitative estimate of drug-likeness (QED) is 0.110. The van der Waals surface area contributed by atoms with E-state index in [0.717, 1.165) is 10.5 Å².